The maximum atomic E-state index is 11.6. The Morgan fingerprint density at radius 2 is 2.21 bits per heavy atom. The van der Waals surface area contributed by atoms with Crippen LogP contribution in [0, 0.1) is 0 Å². The highest BCUT2D eigenvalue weighted by Crippen LogP contribution is 2.25. The van der Waals surface area contributed by atoms with Crippen molar-refractivity contribution in [2.24, 2.45) is 0 Å². The average molecular weight is 262 g/mol. The molecule has 0 aromatic heterocycles. The zero-order valence-corrected chi connectivity index (χ0v) is 10.9. The maximum absolute atomic E-state index is 11.6. The van der Waals surface area contributed by atoms with Crippen molar-refractivity contribution in [3.63, 3.8) is 0 Å². The third-order valence-electron chi connectivity index (χ3n) is 2.87. The first-order valence-electron chi connectivity index (χ1n) is 6.36. The van der Waals surface area contributed by atoms with Gasteiger partial charge in [0.15, 0.2) is 0 Å². The zero-order chi connectivity index (χ0) is 13.7. The van der Waals surface area contributed by atoms with Gasteiger partial charge in [-0.15, -0.1) is 0 Å². The average Bonchev–Trinajstić information content (AvgIpc) is 2.39. The van der Waals surface area contributed by atoms with Crippen molar-refractivity contribution >= 4 is 23.3 Å². The molecule has 6 heteroatoms. The Labute approximate surface area is 112 Å². The minimum absolute atomic E-state index is 0.000868. The van der Waals surface area contributed by atoms with Crippen LogP contribution in [0.5, 0.6) is 0 Å². The fourth-order valence-corrected chi connectivity index (χ4v) is 2.03. The van der Waals surface area contributed by atoms with Crippen LogP contribution in [0.25, 0.3) is 0 Å². The lowest BCUT2D eigenvalue weighted by molar-refractivity contribution is -0.120. The summed E-state index contributed by atoms with van der Waals surface area (Å²) in [7, 11) is 0. The molecular weight excluding hydrogens is 244 g/mol. The number of carbonyl (C=O) groups is 2. The van der Waals surface area contributed by atoms with E-state index in [4.69, 9.17) is 0 Å². The lowest BCUT2D eigenvalue weighted by Gasteiger charge is -2.30. The molecule has 3 N–H and O–H groups in total. The van der Waals surface area contributed by atoms with E-state index in [1.165, 1.54) is 0 Å². The summed E-state index contributed by atoms with van der Waals surface area (Å²) < 4.78 is 0. The molecule has 1 aromatic carbocycles. The molecule has 1 heterocycles. The summed E-state index contributed by atoms with van der Waals surface area (Å²) in [5.41, 5.74) is 1.58. The van der Waals surface area contributed by atoms with E-state index >= 15 is 0 Å². The van der Waals surface area contributed by atoms with E-state index < -0.39 is 0 Å². The number of hydrogen-bond donors (Lipinski definition) is 3. The molecule has 19 heavy (non-hydrogen) atoms. The molecular formula is C13H18N4O2. The molecule has 0 bridgehead atoms. The van der Waals surface area contributed by atoms with E-state index in [9.17, 15) is 9.59 Å². The van der Waals surface area contributed by atoms with Crippen molar-refractivity contribution in [1.29, 1.82) is 0 Å². The first-order valence-corrected chi connectivity index (χ1v) is 6.36. The van der Waals surface area contributed by atoms with Crippen molar-refractivity contribution < 1.29 is 9.59 Å². The SMILES string of the molecule is CCNC(=O)Nc1ccccc1N1CCNC(=O)C1. The molecule has 0 radical (unpaired) electrons. The summed E-state index contributed by atoms with van der Waals surface area (Å²) in [4.78, 5) is 25.0. The molecule has 102 valence electrons. The number of anilines is 2. The number of hydrogen-bond acceptors (Lipinski definition) is 3. The van der Waals surface area contributed by atoms with Crippen LogP contribution in [-0.2, 0) is 4.79 Å². The minimum atomic E-state index is -0.239. The second-order valence-corrected chi connectivity index (χ2v) is 4.27. The molecule has 1 saturated heterocycles. The van der Waals surface area contributed by atoms with Gasteiger partial charge in [0, 0.05) is 19.6 Å². The Kier molecular flexibility index (Phi) is 4.22. The summed E-state index contributed by atoms with van der Waals surface area (Å²) in [5, 5.41) is 8.27. The lowest BCUT2D eigenvalue weighted by atomic mass is 10.2. The molecule has 6 nitrogen and oxygen atoms in total. The van der Waals surface area contributed by atoms with Crippen molar-refractivity contribution in [2.45, 2.75) is 6.92 Å². The summed E-state index contributed by atoms with van der Waals surface area (Å²) >= 11 is 0. The summed E-state index contributed by atoms with van der Waals surface area (Å²) in [5.74, 6) is -0.000868. The van der Waals surface area contributed by atoms with Gasteiger partial charge in [0.05, 0.1) is 17.9 Å². The molecule has 2 rings (SSSR count). The van der Waals surface area contributed by atoms with Gasteiger partial charge in [-0.2, -0.15) is 0 Å². The van der Waals surface area contributed by atoms with E-state index in [1.807, 2.05) is 36.1 Å². The Morgan fingerprint density at radius 3 is 2.95 bits per heavy atom. The third-order valence-corrected chi connectivity index (χ3v) is 2.87. The number of rotatable bonds is 3. The Hall–Kier alpha value is -2.24. The largest absolute Gasteiger partial charge is 0.359 e. The van der Waals surface area contributed by atoms with Crippen molar-refractivity contribution in [2.75, 3.05) is 36.4 Å². The van der Waals surface area contributed by atoms with Gasteiger partial charge in [0.1, 0.15) is 0 Å². The van der Waals surface area contributed by atoms with Crippen LogP contribution in [0.2, 0.25) is 0 Å². The lowest BCUT2D eigenvalue weighted by Crippen LogP contribution is -2.48. The van der Waals surface area contributed by atoms with Gasteiger partial charge in [0.25, 0.3) is 0 Å². The number of amides is 3. The van der Waals surface area contributed by atoms with Crippen LogP contribution < -0.4 is 20.9 Å². The van der Waals surface area contributed by atoms with E-state index in [0.717, 1.165) is 12.2 Å². The molecule has 1 aliphatic rings. The standard InChI is InChI=1S/C13H18N4O2/c1-2-14-13(19)16-10-5-3-4-6-11(10)17-8-7-15-12(18)9-17/h3-6H,2,7-9H2,1H3,(H,15,18)(H2,14,16,19). The molecule has 1 aliphatic heterocycles. The molecule has 0 spiro atoms. The van der Waals surface area contributed by atoms with Crippen LogP contribution in [0.4, 0.5) is 16.2 Å². The van der Waals surface area contributed by atoms with Gasteiger partial charge in [-0.05, 0) is 19.1 Å². The van der Waals surface area contributed by atoms with E-state index in [-0.39, 0.29) is 11.9 Å². The minimum Gasteiger partial charge on any atom is -0.359 e. The number of nitrogens with zero attached hydrogens (tertiary/aromatic N) is 1. The van der Waals surface area contributed by atoms with Gasteiger partial charge < -0.3 is 20.9 Å². The van der Waals surface area contributed by atoms with Gasteiger partial charge >= 0.3 is 6.03 Å². The predicted octanol–water partition coefficient (Wildman–Crippen LogP) is 0.764. The van der Waals surface area contributed by atoms with Crippen molar-refractivity contribution in [1.82, 2.24) is 10.6 Å². The van der Waals surface area contributed by atoms with Gasteiger partial charge in [-0.1, -0.05) is 12.1 Å². The summed E-state index contributed by atoms with van der Waals surface area (Å²) in [6.07, 6.45) is 0. The number of carbonyl (C=O) groups excluding carboxylic acids is 2. The third kappa shape index (κ3) is 3.37. The second-order valence-electron chi connectivity index (χ2n) is 4.27. The highest BCUT2D eigenvalue weighted by atomic mass is 16.2. The molecule has 1 aromatic rings. The van der Waals surface area contributed by atoms with Gasteiger partial charge in [-0.25, -0.2) is 4.79 Å². The molecule has 3 amide bonds. The number of para-hydroxylation sites is 2. The molecule has 0 saturated carbocycles. The van der Waals surface area contributed by atoms with Crippen LogP contribution >= 0.6 is 0 Å². The van der Waals surface area contributed by atoms with Crippen LogP contribution in [0.1, 0.15) is 6.92 Å². The molecule has 0 unspecified atom stereocenters. The number of piperazine rings is 1. The maximum Gasteiger partial charge on any atom is 0.319 e. The highest BCUT2D eigenvalue weighted by Gasteiger charge is 2.19. The Balaban J connectivity index is 2.15. The first kappa shape index (κ1) is 13.2. The Bertz CT molecular complexity index is 475. The van der Waals surface area contributed by atoms with Gasteiger partial charge in [0.2, 0.25) is 5.91 Å². The highest BCUT2D eigenvalue weighted by molar-refractivity contribution is 5.94. The van der Waals surface area contributed by atoms with Crippen LogP contribution in [0.15, 0.2) is 24.3 Å². The van der Waals surface area contributed by atoms with Crippen molar-refractivity contribution in [3.05, 3.63) is 24.3 Å². The topological polar surface area (TPSA) is 73.5 Å². The monoisotopic (exact) mass is 262 g/mol. The van der Waals surface area contributed by atoms with E-state index in [0.29, 0.717) is 25.3 Å². The number of nitrogens with one attached hydrogen (secondary N) is 3. The quantitative estimate of drug-likeness (QED) is 0.753. The van der Waals surface area contributed by atoms with Crippen LogP contribution in [-0.4, -0.2) is 38.1 Å². The normalized spacial score (nSPS) is 14.8. The summed E-state index contributed by atoms with van der Waals surface area (Å²) in [6, 6.07) is 7.24. The number of urea groups is 1. The van der Waals surface area contributed by atoms with E-state index in [2.05, 4.69) is 16.0 Å². The molecule has 1 fully saturated rings. The predicted molar refractivity (Wildman–Crippen MR) is 74.4 cm³/mol. The first-order chi connectivity index (χ1) is 9.20. The van der Waals surface area contributed by atoms with Gasteiger partial charge in [-0.3, -0.25) is 4.79 Å². The second kappa shape index (κ2) is 6.08. The molecule has 0 aliphatic carbocycles. The van der Waals surface area contributed by atoms with Crippen LogP contribution in [0.3, 0.4) is 0 Å². The Morgan fingerprint density at radius 1 is 1.42 bits per heavy atom. The zero-order valence-electron chi connectivity index (χ0n) is 10.9. The fourth-order valence-electron chi connectivity index (χ4n) is 2.03. The fraction of sp³-hybridized carbons (Fsp3) is 0.385. The smallest absolute Gasteiger partial charge is 0.319 e. The van der Waals surface area contributed by atoms with Crippen molar-refractivity contribution in [3.8, 4) is 0 Å². The van der Waals surface area contributed by atoms with E-state index in [1.54, 1.807) is 0 Å². The number of benzene rings is 1. The molecule has 0 atom stereocenters. The summed E-state index contributed by atoms with van der Waals surface area (Å²) in [6.45, 7) is 4.10.